The van der Waals surface area contributed by atoms with Gasteiger partial charge in [-0.2, -0.15) is 5.10 Å². The van der Waals surface area contributed by atoms with Crippen molar-refractivity contribution in [2.75, 3.05) is 0 Å². The number of nitrogens with zero attached hydrogens (tertiary/aromatic N) is 6. The number of nitrogens with one attached hydrogen (secondary N) is 1. The van der Waals surface area contributed by atoms with Crippen molar-refractivity contribution in [1.82, 2.24) is 35.4 Å². The van der Waals surface area contributed by atoms with Gasteiger partial charge in [0.05, 0.1) is 6.54 Å². The van der Waals surface area contributed by atoms with Gasteiger partial charge < -0.3 is 0 Å². The summed E-state index contributed by atoms with van der Waals surface area (Å²) >= 11 is 0. The fourth-order valence-corrected chi connectivity index (χ4v) is 3.54. The number of hydrogen-bond acceptors (Lipinski definition) is 5. The number of tetrazole rings is 1. The van der Waals surface area contributed by atoms with E-state index >= 15 is 0 Å². The standard InChI is InChI=1S/C24H29N7/c1-16(2)9-14-22-25-23(17(3)4)28-31(22)15-18-10-12-19(13-11-18)20-7-5-6-8-21(20)24-26-29-30-27-24/h5-8,10-13,16-17H,9,14-15H2,1-4H3,(H,26,27,29,30). The SMILES string of the molecule is CC(C)CCc1nc(C(C)C)nn1Cc1ccc(-c2ccccc2-c2nnn[nH]2)cc1. The van der Waals surface area contributed by atoms with Crippen LogP contribution in [-0.4, -0.2) is 35.4 Å². The van der Waals surface area contributed by atoms with Gasteiger partial charge in [0.25, 0.3) is 0 Å². The van der Waals surface area contributed by atoms with Crippen LogP contribution in [0.2, 0.25) is 0 Å². The Morgan fingerprint density at radius 1 is 0.935 bits per heavy atom. The van der Waals surface area contributed by atoms with Gasteiger partial charge in [0.1, 0.15) is 5.82 Å². The monoisotopic (exact) mass is 415 g/mol. The lowest BCUT2D eigenvalue weighted by molar-refractivity contribution is 0.546. The Balaban J connectivity index is 1.58. The van der Waals surface area contributed by atoms with Crippen molar-refractivity contribution in [2.45, 2.75) is 53.0 Å². The summed E-state index contributed by atoms with van der Waals surface area (Å²) in [6, 6.07) is 16.7. The third-order valence-corrected chi connectivity index (χ3v) is 5.35. The average molecular weight is 416 g/mol. The molecule has 0 fully saturated rings. The zero-order chi connectivity index (χ0) is 21.8. The van der Waals surface area contributed by atoms with Crippen LogP contribution in [-0.2, 0) is 13.0 Å². The first-order valence-electron chi connectivity index (χ1n) is 10.9. The van der Waals surface area contributed by atoms with E-state index in [1.54, 1.807) is 0 Å². The minimum absolute atomic E-state index is 0.323. The molecule has 0 saturated heterocycles. The second-order valence-corrected chi connectivity index (χ2v) is 8.62. The van der Waals surface area contributed by atoms with E-state index in [0.717, 1.165) is 47.7 Å². The molecule has 0 aliphatic heterocycles. The third kappa shape index (κ3) is 4.87. The minimum Gasteiger partial charge on any atom is -0.245 e. The fraction of sp³-hybridized carbons (Fsp3) is 0.375. The van der Waals surface area contributed by atoms with Gasteiger partial charge in [0.15, 0.2) is 11.6 Å². The van der Waals surface area contributed by atoms with E-state index in [4.69, 9.17) is 10.1 Å². The first-order chi connectivity index (χ1) is 15.0. The largest absolute Gasteiger partial charge is 0.245 e. The van der Waals surface area contributed by atoms with Crippen LogP contribution < -0.4 is 0 Å². The van der Waals surface area contributed by atoms with Crippen LogP contribution in [0.5, 0.6) is 0 Å². The Morgan fingerprint density at radius 2 is 1.68 bits per heavy atom. The Labute approximate surface area is 182 Å². The molecule has 0 spiro atoms. The van der Waals surface area contributed by atoms with E-state index in [-0.39, 0.29) is 0 Å². The van der Waals surface area contributed by atoms with Crippen molar-refractivity contribution in [3.63, 3.8) is 0 Å². The van der Waals surface area contributed by atoms with Crippen LogP contribution in [0.3, 0.4) is 0 Å². The second-order valence-electron chi connectivity index (χ2n) is 8.62. The van der Waals surface area contributed by atoms with Crippen LogP contribution in [0.1, 0.15) is 57.2 Å². The van der Waals surface area contributed by atoms with Crippen LogP contribution in [0.4, 0.5) is 0 Å². The molecular weight excluding hydrogens is 386 g/mol. The number of hydrogen-bond donors (Lipinski definition) is 1. The molecule has 0 amide bonds. The summed E-state index contributed by atoms with van der Waals surface area (Å²) in [6.07, 6.45) is 2.07. The molecule has 4 aromatic rings. The molecular formula is C24H29N7. The first kappa shape index (κ1) is 20.9. The van der Waals surface area contributed by atoms with Gasteiger partial charge in [-0.15, -0.1) is 5.10 Å². The van der Waals surface area contributed by atoms with Crippen LogP contribution in [0, 0.1) is 5.92 Å². The summed E-state index contributed by atoms with van der Waals surface area (Å²) in [5.41, 5.74) is 4.40. The first-order valence-corrected chi connectivity index (χ1v) is 10.9. The topological polar surface area (TPSA) is 85.2 Å². The molecule has 0 aliphatic carbocycles. The highest BCUT2D eigenvalue weighted by Crippen LogP contribution is 2.29. The minimum atomic E-state index is 0.323. The van der Waals surface area contributed by atoms with Crippen LogP contribution in [0.15, 0.2) is 48.5 Å². The van der Waals surface area contributed by atoms with Crippen molar-refractivity contribution in [1.29, 1.82) is 0 Å². The van der Waals surface area contributed by atoms with Crippen molar-refractivity contribution in [3.8, 4) is 22.5 Å². The summed E-state index contributed by atoms with van der Waals surface area (Å²) in [6.45, 7) is 9.50. The molecule has 1 N–H and O–H groups in total. The maximum Gasteiger partial charge on any atom is 0.180 e. The molecule has 7 heteroatoms. The van der Waals surface area contributed by atoms with E-state index in [9.17, 15) is 0 Å². The lowest BCUT2D eigenvalue weighted by atomic mass is 9.98. The highest BCUT2D eigenvalue weighted by molar-refractivity contribution is 5.80. The summed E-state index contributed by atoms with van der Waals surface area (Å²) < 4.78 is 2.07. The Kier molecular flexibility index (Phi) is 6.21. The molecule has 0 atom stereocenters. The fourth-order valence-electron chi connectivity index (χ4n) is 3.54. The third-order valence-electron chi connectivity index (χ3n) is 5.35. The molecule has 2 aromatic heterocycles. The van der Waals surface area contributed by atoms with Crippen molar-refractivity contribution >= 4 is 0 Å². The molecule has 7 nitrogen and oxygen atoms in total. The van der Waals surface area contributed by atoms with E-state index in [1.807, 2.05) is 18.2 Å². The molecule has 160 valence electrons. The molecule has 2 aromatic carbocycles. The average Bonchev–Trinajstić information content (AvgIpc) is 3.43. The molecule has 0 aliphatic rings. The smallest absolute Gasteiger partial charge is 0.180 e. The highest BCUT2D eigenvalue weighted by atomic mass is 15.5. The van der Waals surface area contributed by atoms with Gasteiger partial charge in [0.2, 0.25) is 0 Å². The van der Waals surface area contributed by atoms with Gasteiger partial charge in [-0.3, -0.25) is 0 Å². The maximum absolute atomic E-state index is 4.81. The Morgan fingerprint density at radius 3 is 2.32 bits per heavy atom. The van der Waals surface area contributed by atoms with E-state index < -0.39 is 0 Å². The van der Waals surface area contributed by atoms with Gasteiger partial charge >= 0.3 is 0 Å². The molecule has 0 unspecified atom stereocenters. The zero-order valence-electron chi connectivity index (χ0n) is 18.6. The van der Waals surface area contributed by atoms with Crippen LogP contribution >= 0.6 is 0 Å². The van der Waals surface area contributed by atoms with E-state index in [1.165, 1.54) is 5.56 Å². The summed E-state index contributed by atoms with van der Waals surface area (Å²) in [5, 5.41) is 19.1. The van der Waals surface area contributed by atoms with E-state index in [2.05, 4.69) is 83.3 Å². The van der Waals surface area contributed by atoms with Crippen molar-refractivity contribution in [3.05, 3.63) is 65.7 Å². The number of H-pyrrole nitrogens is 1. The quantitative estimate of drug-likeness (QED) is 0.443. The second kappa shape index (κ2) is 9.20. The normalized spacial score (nSPS) is 11.5. The number of aryl methyl sites for hydroxylation is 1. The van der Waals surface area contributed by atoms with Gasteiger partial charge in [0, 0.05) is 17.9 Å². The predicted molar refractivity (Wildman–Crippen MR) is 121 cm³/mol. The van der Waals surface area contributed by atoms with Gasteiger partial charge in [-0.1, -0.05) is 76.2 Å². The molecule has 2 heterocycles. The lowest BCUT2D eigenvalue weighted by Gasteiger charge is -2.10. The van der Waals surface area contributed by atoms with Crippen LogP contribution in [0.25, 0.3) is 22.5 Å². The number of rotatable bonds is 8. The molecule has 31 heavy (non-hydrogen) atoms. The molecule has 0 radical (unpaired) electrons. The Bertz CT molecular complexity index is 1110. The predicted octanol–water partition coefficient (Wildman–Crippen LogP) is 4.89. The van der Waals surface area contributed by atoms with Crippen molar-refractivity contribution in [2.24, 2.45) is 5.92 Å². The highest BCUT2D eigenvalue weighted by Gasteiger charge is 2.14. The van der Waals surface area contributed by atoms with Crippen molar-refractivity contribution < 1.29 is 0 Å². The van der Waals surface area contributed by atoms with E-state index in [0.29, 0.717) is 17.7 Å². The molecule has 0 bridgehead atoms. The van der Waals surface area contributed by atoms with Gasteiger partial charge in [-0.25, -0.2) is 14.8 Å². The molecule has 0 saturated carbocycles. The van der Waals surface area contributed by atoms with Gasteiger partial charge in [-0.05, 0) is 39.5 Å². The maximum atomic E-state index is 4.81. The summed E-state index contributed by atoms with van der Waals surface area (Å²) in [4.78, 5) is 4.81. The zero-order valence-corrected chi connectivity index (χ0v) is 18.6. The lowest BCUT2D eigenvalue weighted by Crippen LogP contribution is -2.08. The number of benzene rings is 2. The number of aromatic nitrogens is 7. The summed E-state index contributed by atoms with van der Waals surface area (Å²) in [7, 11) is 0. The summed E-state index contributed by atoms with van der Waals surface area (Å²) in [5.74, 6) is 3.63. The number of aromatic amines is 1. The Hall–Kier alpha value is -3.35. The molecule has 4 rings (SSSR count).